The van der Waals surface area contributed by atoms with E-state index in [4.69, 9.17) is 16.7 Å². The molecule has 0 bridgehead atoms. The number of hydrogen-bond acceptors (Lipinski definition) is 2. The topological polar surface area (TPSA) is 78.4 Å². The molecule has 0 aromatic heterocycles. The summed E-state index contributed by atoms with van der Waals surface area (Å²) in [5, 5.41) is 13.6. The summed E-state index contributed by atoms with van der Waals surface area (Å²) in [5.41, 5.74) is -0.113. The van der Waals surface area contributed by atoms with Gasteiger partial charge in [-0.15, -0.1) is 0 Å². The zero-order valence-electron chi connectivity index (χ0n) is 10.4. The van der Waals surface area contributed by atoms with Crippen molar-refractivity contribution >= 4 is 29.3 Å². The highest BCUT2D eigenvalue weighted by Gasteiger charge is 2.23. The Hall–Kier alpha value is -1.82. The van der Waals surface area contributed by atoms with Crippen molar-refractivity contribution in [1.29, 1.82) is 0 Å². The molecule has 1 aromatic carbocycles. The van der Waals surface area contributed by atoms with Crippen LogP contribution in [0, 0.1) is 11.7 Å². The second-order valence-electron chi connectivity index (χ2n) is 4.28. The van der Waals surface area contributed by atoms with Gasteiger partial charge >= 0.3 is 12.0 Å². The molecule has 7 heteroatoms. The van der Waals surface area contributed by atoms with Crippen LogP contribution in [0.15, 0.2) is 18.2 Å². The van der Waals surface area contributed by atoms with Crippen molar-refractivity contribution in [2.45, 2.75) is 19.9 Å². The fourth-order valence-electron chi connectivity index (χ4n) is 1.41. The second-order valence-corrected chi connectivity index (χ2v) is 4.72. The van der Waals surface area contributed by atoms with E-state index in [1.807, 2.05) is 0 Å². The number of carbonyl (C=O) groups is 2. The summed E-state index contributed by atoms with van der Waals surface area (Å²) < 4.78 is 13.4. The van der Waals surface area contributed by atoms with Gasteiger partial charge in [0.25, 0.3) is 0 Å². The number of urea groups is 1. The quantitative estimate of drug-likeness (QED) is 0.797. The average molecular weight is 289 g/mol. The Bertz CT molecular complexity index is 494. The molecule has 1 rings (SSSR count). The van der Waals surface area contributed by atoms with Crippen LogP contribution >= 0.6 is 11.6 Å². The van der Waals surface area contributed by atoms with Crippen molar-refractivity contribution < 1.29 is 19.1 Å². The molecule has 0 aliphatic heterocycles. The van der Waals surface area contributed by atoms with Gasteiger partial charge in [0.1, 0.15) is 11.9 Å². The number of carbonyl (C=O) groups excluding carboxylic acids is 1. The lowest BCUT2D eigenvalue weighted by molar-refractivity contribution is -0.140. The minimum absolute atomic E-state index is 0.113. The minimum Gasteiger partial charge on any atom is -0.480 e. The first-order valence-corrected chi connectivity index (χ1v) is 5.94. The van der Waals surface area contributed by atoms with Gasteiger partial charge in [-0.05, 0) is 24.1 Å². The van der Waals surface area contributed by atoms with Crippen molar-refractivity contribution in [3.05, 3.63) is 29.0 Å². The highest BCUT2D eigenvalue weighted by Crippen LogP contribution is 2.19. The summed E-state index contributed by atoms with van der Waals surface area (Å²) in [4.78, 5) is 22.5. The van der Waals surface area contributed by atoms with Crippen LogP contribution in [0.5, 0.6) is 0 Å². The molecule has 0 radical (unpaired) electrons. The number of amides is 2. The van der Waals surface area contributed by atoms with E-state index >= 15 is 0 Å². The van der Waals surface area contributed by atoms with Gasteiger partial charge in [-0.3, -0.25) is 0 Å². The number of carboxylic acid groups (broad SMARTS) is 1. The molecule has 2 amide bonds. The lowest BCUT2D eigenvalue weighted by atomic mass is 10.1. The second kappa shape index (κ2) is 6.38. The van der Waals surface area contributed by atoms with Crippen LogP contribution in [-0.2, 0) is 4.79 Å². The zero-order valence-corrected chi connectivity index (χ0v) is 11.2. The summed E-state index contributed by atoms with van der Waals surface area (Å²) in [7, 11) is 0. The molecule has 0 saturated carbocycles. The van der Waals surface area contributed by atoms with Crippen LogP contribution < -0.4 is 10.6 Å². The number of carboxylic acids is 1. The predicted octanol–water partition coefficient (Wildman–Crippen LogP) is 2.71. The maximum absolute atomic E-state index is 13.4. The molecule has 3 N–H and O–H groups in total. The first-order chi connectivity index (χ1) is 8.81. The minimum atomic E-state index is -1.16. The monoisotopic (exact) mass is 288 g/mol. The third-order valence-corrected chi connectivity index (χ3v) is 2.63. The molecule has 0 heterocycles. The molecule has 0 saturated heterocycles. The summed E-state index contributed by atoms with van der Waals surface area (Å²) in [6, 6.07) is 1.83. The smallest absolute Gasteiger partial charge is 0.326 e. The van der Waals surface area contributed by atoms with E-state index in [0.29, 0.717) is 0 Å². The fraction of sp³-hybridized carbons (Fsp3) is 0.333. The number of aliphatic carboxylic acids is 1. The van der Waals surface area contributed by atoms with Gasteiger partial charge in [-0.2, -0.15) is 0 Å². The van der Waals surface area contributed by atoms with Crippen LogP contribution in [0.2, 0.25) is 5.02 Å². The van der Waals surface area contributed by atoms with Gasteiger partial charge in [0, 0.05) is 5.02 Å². The molecule has 0 fully saturated rings. The molecular formula is C12H14ClFN2O3. The number of benzene rings is 1. The van der Waals surface area contributed by atoms with E-state index in [1.54, 1.807) is 13.8 Å². The maximum Gasteiger partial charge on any atom is 0.326 e. The molecular weight excluding hydrogens is 275 g/mol. The maximum atomic E-state index is 13.4. The van der Waals surface area contributed by atoms with Crippen LogP contribution in [-0.4, -0.2) is 23.1 Å². The molecule has 0 aliphatic carbocycles. The average Bonchev–Trinajstić information content (AvgIpc) is 2.30. The van der Waals surface area contributed by atoms with Crippen molar-refractivity contribution in [2.24, 2.45) is 5.92 Å². The van der Waals surface area contributed by atoms with E-state index in [0.717, 1.165) is 6.07 Å². The van der Waals surface area contributed by atoms with Gasteiger partial charge in [-0.1, -0.05) is 25.4 Å². The Balaban J connectivity index is 2.74. The van der Waals surface area contributed by atoms with Gasteiger partial charge in [0.15, 0.2) is 0 Å². The Morgan fingerprint density at radius 2 is 2.00 bits per heavy atom. The third-order valence-electron chi connectivity index (χ3n) is 2.40. The van der Waals surface area contributed by atoms with Gasteiger partial charge in [0.05, 0.1) is 5.69 Å². The van der Waals surface area contributed by atoms with Crippen molar-refractivity contribution in [2.75, 3.05) is 5.32 Å². The molecule has 1 aromatic rings. The number of anilines is 1. The first-order valence-electron chi connectivity index (χ1n) is 5.56. The number of halogens is 2. The van der Waals surface area contributed by atoms with E-state index in [1.165, 1.54) is 12.1 Å². The lowest BCUT2D eigenvalue weighted by Crippen LogP contribution is -2.46. The molecule has 0 spiro atoms. The van der Waals surface area contributed by atoms with Gasteiger partial charge < -0.3 is 15.7 Å². The normalized spacial score (nSPS) is 12.1. The Morgan fingerprint density at radius 3 is 2.53 bits per heavy atom. The van der Waals surface area contributed by atoms with E-state index in [9.17, 15) is 14.0 Å². The van der Waals surface area contributed by atoms with Crippen LogP contribution in [0.1, 0.15) is 13.8 Å². The van der Waals surface area contributed by atoms with E-state index in [-0.39, 0.29) is 16.6 Å². The Morgan fingerprint density at radius 1 is 1.37 bits per heavy atom. The van der Waals surface area contributed by atoms with Crippen molar-refractivity contribution in [1.82, 2.24) is 5.32 Å². The lowest BCUT2D eigenvalue weighted by Gasteiger charge is -2.18. The SMILES string of the molecule is CC(C)[C@@H](NC(=O)Nc1cc(Cl)ccc1F)C(=O)O. The Kier molecular flexibility index (Phi) is 5.11. The Labute approximate surface area is 114 Å². The summed E-state index contributed by atoms with van der Waals surface area (Å²) in [5.74, 6) is -2.11. The number of hydrogen-bond donors (Lipinski definition) is 3. The van der Waals surface area contributed by atoms with Gasteiger partial charge in [0.2, 0.25) is 0 Å². The summed E-state index contributed by atoms with van der Waals surface area (Å²) >= 11 is 5.67. The first kappa shape index (κ1) is 15.2. The van der Waals surface area contributed by atoms with Gasteiger partial charge in [-0.25, -0.2) is 14.0 Å². The highest BCUT2D eigenvalue weighted by atomic mass is 35.5. The summed E-state index contributed by atoms with van der Waals surface area (Å²) in [6.07, 6.45) is 0. The number of rotatable bonds is 4. The fourth-order valence-corrected chi connectivity index (χ4v) is 1.58. The largest absolute Gasteiger partial charge is 0.480 e. The molecule has 0 aliphatic rings. The molecule has 1 atom stereocenters. The van der Waals surface area contributed by atoms with E-state index < -0.39 is 23.9 Å². The third kappa shape index (κ3) is 4.40. The molecule has 0 unspecified atom stereocenters. The van der Waals surface area contributed by atoms with Crippen molar-refractivity contribution in [3.63, 3.8) is 0 Å². The predicted molar refractivity (Wildman–Crippen MR) is 69.8 cm³/mol. The molecule has 104 valence electrons. The van der Waals surface area contributed by atoms with Crippen LogP contribution in [0.25, 0.3) is 0 Å². The molecule has 19 heavy (non-hydrogen) atoms. The highest BCUT2D eigenvalue weighted by molar-refractivity contribution is 6.30. The molecule has 5 nitrogen and oxygen atoms in total. The standard InChI is InChI=1S/C12H14ClFN2O3/c1-6(2)10(11(17)18)16-12(19)15-9-5-7(13)3-4-8(9)14/h3-6,10H,1-2H3,(H,17,18)(H2,15,16,19)/t10-/m1/s1. The number of nitrogens with one attached hydrogen (secondary N) is 2. The zero-order chi connectivity index (χ0) is 14.6. The van der Waals surface area contributed by atoms with Crippen LogP contribution in [0.3, 0.4) is 0 Å². The summed E-state index contributed by atoms with van der Waals surface area (Å²) in [6.45, 7) is 3.30. The van der Waals surface area contributed by atoms with Crippen molar-refractivity contribution in [3.8, 4) is 0 Å². The van der Waals surface area contributed by atoms with Crippen LogP contribution in [0.4, 0.5) is 14.9 Å². The van der Waals surface area contributed by atoms with E-state index in [2.05, 4.69) is 10.6 Å².